The maximum absolute atomic E-state index is 12.7. The second-order valence-electron chi connectivity index (χ2n) is 4.19. The predicted molar refractivity (Wildman–Crippen MR) is 71.0 cm³/mol. The molecule has 0 radical (unpaired) electrons. The van der Waals surface area contributed by atoms with Gasteiger partial charge in [0.1, 0.15) is 5.82 Å². The second kappa shape index (κ2) is 5.97. The minimum absolute atomic E-state index is 0.125. The van der Waals surface area contributed by atoms with E-state index in [1.165, 1.54) is 36.4 Å². The van der Waals surface area contributed by atoms with Crippen LogP contribution in [0.25, 0.3) is 0 Å². The first-order chi connectivity index (χ1) is 9.56. The van der Waals surface area contributed by atoms with Crippen molar-refractivity contribution in [3.05, 3.63) is 71.0 Å². The summed E-state index contributed by atoms with van der Waals surface area (Å²) in [5.74, 6) is -1.68. The van der Waals surface area contributed by atoms with Crippen LogP contribution in [0.4, 0.5) is 4.39 Å². The highest BCUT2D eigenvalue weighted by Gasteiger charge is 2.07. The Hall–Kier alpha value is -2.69. The van der Waals surface area contributed by atoms with Crippen molar-refractivity contribution in [3.63, 3.8) is 0 Å². The van der Waals surface area contributed by atoms with Crippen LogP contribution >= 0.6 is 0 Å². The van der Waals surface area contributed by atoms with E-state index in [0.717, 1.165) is 5.56 Å². The highest BCUT2D eigenvalue weighted by Crippen LogP contribution is 2.06. The van der Waals surface area contributed by atoms with Crippen molar-refractivity contribution in [1.82, 2.24) is 5.32 Å². The highest BCUT2D eigenvalue weighted by molar-refractivity contribution is 5.95. The SMILES string of the molecule is O=C(O)c1ccc(C(=O)NCc2ccc(F)cc2)cc1. The number of carbonyl (C=O) groups is 2. The van der Waals surface area contributed by atoms with Crippen molar-refractivity contribution in [3.8, 4) is 0 Å². The average molecular weight is 273 g/mol. The van der Waals surface area contributed by atoms with E-state index in [4.69, 9.17) is 5.11 Å². The third-order valence-electron chi connectivity index (χ3n) is 2.76. The summed E-state index contributed by atoms with van der Waals surface area (Å²) in [6.45, 7) is 0.278. The molecule has 2 aromatic rings. The van der Waals surface area contributed by atoms with E-state index in [0.29, 0.717) is 5.56 Å². The molecule has 102 valence electrons. The lowest BCUT2D eigenvalue weighted by molar-refractivity contribution is 0.0696. The first kappa shape index (κ1) is 13.7. The van der Waals surface area contributed by atoms with Gasteiger partial charge in [-0.1, -0.05) is 12.1 Å². The Morgan fingerprint density at radius 3 is 2.05 bits per heavy atom. The number of benzene rings is 2. The zero-order valence-electron chi connectivity index (χ0n) is 10.5. The molecule has 2 N–H and O–H groups in total. The van der Waals surface area contributed by atoms with Gasteiger partial charge in [0.25, 0.3) is 5.91 Å². The zero-order valence-corrected chi connectivity index (χ0v) is 10.5. The van der Waals surface area contributed by atoms with Crippen molar-refractivity contribution in [1.29, 1.82) is 0 Å². The van der Waals surface area contributed by atoms with Crippen molar-refractivity contribution < 1.29 is 19.1 Å². The summed E-state index contributed by atoms with van der Waals surface area (Å²) in [5.41, 5.74) is 1.28. The van der Waals surface area contributed by atoms with Crippen molar-refractivity contribution >= 4 is 11.9 Å². The third kappa shape index (κ3) is 3.41. The van der Waals surface area contributed by atoms with Gasteiger partial charge in [0.05, 0.1) is 5.56 Å². The molecule has 0 unspecified atom stereocenters. The predicted octanol–water partition coefficient (Wildman–Crippen LogP) is 2.45. The number of hydrogen-bond donors (Lipinski definition) is 2. The number of nitrogens with one attached hydrogen (secondary N) is 1. The lowest BCUT2D eigenvalue weighted by Gasteiger charge is -2.05. The van der Waals surface area contributed by atoms with Crippen molar-refractivity contribution in [2.45, 2.75) is 6.54 Å². The van der Waals surface area contributed by atoms with Crippen LogP contribution in [0.5, 0.6) is 0 Å². The fourth-order valence-corrected chi connectivity index (χ4v) is 1.65. The van der Waals surface area contributed by atoms with Gasteiger partial charge in [-0.2, -0.15) is 0 Å². The van der Waals surface area contributed by atoms with Crippen LogP contribution in [0, 0.1) is 5.82 Å². The number of rotatable bonds is 4. The van der Waals surface area contributed by atoms with E-state index in [2.05, 4.69) is 5.32 Å². The van der Waals surface area contributed by atoms with E-state index < -0.39 is 5.97 Å². The highest BCUT2D eigenvalue weighted by atomic mass is 19.1. The summed E-state index contributed by atoms with van der Waals surface area (Å²) in [7, 11) is 0. The quantitative estimate of drug-likeness (QED) is 0.899. The summed E-state index contributed by atoms with van der Waals surface area (Å²) in [4.78, 5) is 22.5. The van der Waals surface area contributed by atoms with Crippen LogP contribution in [-0.4, -0.2) is 17.0 Å². The number of carboxylic acid groups (broad SMARTS) is 1. The Kier molecular flexibility index (Phi) is 4.10. The van der Waals surface area contributed by atoms with E-state index in [1.54, 1.807) is 12.1 Å². The fourth-order valence-electron chi connectivity index (χ4n) is 1.65. The van der Waals surface area contributed by atoms with Gasteiger partial charge in [-0.3, -0.25) is 4.79 Å². The van der Waals surface area contributed by atoms with Crippen LogP contribution in [0.2, 0.25) is 0 Å². The first-order valence-corrected chi connectivity index (χ1v) is 5.92. The Morgan fingerprint density at radius 1 is 0.950 bits per heavy atom. The molecule has 0 aliphatic carbocycles. The van der Waals surface area contributed by atoms with Gasteiger partial charge in [0, 0.05) is 12.1 Å². The number of aromatic carboxylic acids is 1. The van der Waals surface area contributed by atoms with Crippen molar-refractivity contribution in [2.75, 3.05) is 0 Å². The average Bonchev–Trinajstić information content (AvgIpc) is 2.46. The molecular formula is C15H12FNO3. The summed E-state index contributed by atoms with van der Waals surface area (Å²) < 4.78 is 12.7. The Morgan fingerprint density at radius 2 is 1.50 bits per heavy atom. The van der Waals surface area contributed by atoms with Crippen LogP contribution < -0.4 is 5.32 Å². The van der Waals surface area contributed by atoms with Gasteiger partial charge >= 0.3 is 5.97 Å². The molecule has 2 rings (SSSR count). The second-order valence-corrected chi connectivity index (χ2v) is 4.19. The van der Waals surface area contributed by atoms with Gasteiger partial charge in [-0.05, 0) is 42.0 Å². The molecule has 2 aromatic carbocycles. The van der Waals surface area contributed by atoms with Gasteiger partial charge < -0.3 is 10.4 Å². The minimum atomic E-state index is -1.04. The minimum Gasteiger partial charge on any atom is -0.478 e. The van der Waals surface area contributed by atoms with Gasteiger partial charge in [-0.25, -0.2) is 9.18 Å². The smallest absolute Gasteiger partial charge is 0.335 e. The third-order valence-corrected chi connectivity index (χ3v) is 2.76. The maximum Gasteiger partial charge on any atom is 0.335 e. The van der Waals surface area contributed by atoms with Crippen molar-refractivity contribution in [2.24, 2.45) is 0 Å². The Labute approximate surface area is 114 Å². The normalized spacial score (nSPS) is 10.1. The molecule has 0 saturated heterocycles. The summed E-state index contributed by atoms with van der Waals surface area (Å²) in [5, 5.41) is 11.4. The molecule has 0 saturated carbocycles. The van der Waals surface area contributed by atoms with E-state index >= 15 is 0 Å². The molecule has 0 spiro atoms. The van der Waals surface area contributed by atoms with Crippen LogP contribution in [0.1, 0.15) is 26.3 Å². The summed E-state index contributed by atoms with van der Waals surface area (Å²) in [6, 6.07) is 11.5. The standard InChI is InChI=1S/C15H12FNO3/c16-13-7-1-10(2-8-13)9-17-14(18)11-3-5-12(6-4-11)15(19)20/h1-8H,9H2,(H,17,18)(H,19,20). The Bertz CT molecular complexity index is 621. The number of halogens is 1. The fraction of sp³-hybridized carbons (Fsp3) is 0.0667. The lowest BCUT2D eigenvalue weighted by atomic mass is 10.1. The number of amides is 1. The molecule has 4 nitrogen and oxygen atoms in total. The molecule has 1 amide bonds. The molecule has 0 heterocycles. The lowest BCUT2D eigenvalue weighted by Crippen LogP contribution is -2.22. The molecule has 0 aromatic heterocycles. The first-order valence-electron chi connectivity index (χ1n) is 5.92. The molecule has 0 aliphatic rings. The van der Waals surface area contributed by atoms with Crippen LogP contribution in [-0.2, 0) is 6.54 Å². The van der Waals surface area contributed by atoms with Crippen LogP contribution in [0.3, 0.4) is 0 Å². The number of carbonyl (C=O) groups excluding carboxylic acids is 1. The van der Waals surface area contributed by atoms with E-state index in [-0.39, 0.29) is 23.8 Å². The van der Waals surface area contributed by atoms with Crippen LogP contribution in [0.15, 0.2) is 48.5 Å². The number of carboxylic acids is 1. The molecule has 0 fully saturated rings. The molecule has 5 heteroatoms. The summed E-state index contributed by atoms with van der Waals surface area (Å²) in [6.07, 6.45) is 0. The molecular weight excluding hydrogens is 261 g/mol. The molecule has 20 heavy (non-hydrogen) atoms. The van der Waals surface area contributed by atoms with Gasteiger partial charge in [-0.15, -0.1) is 0 Å². The van der Waals surface area contributed by atoms with Gasteiger partial charge in [0.2, 0.25) is 0 Å². The maximum atomic E-state index is 12.7. The monoisotopic (exact) mass is 273 g/mol. The van der Waals surface area contributed by atoms with E-state index in [9.17, 15) is 14.0 Å². The molecule has 0 atom stereocenters. The van der Waals surface area contributed by atoms with E-state index in [1.807, 2.05) is 0 Å². The number of hydrogen-bond acceptors (Lipinski definition) is 2. The summed E-state index contributed by atoms with van der Waals surface area (Å²) >= 11 is 0. The molecule has 0 aliphatic heterocycles. The molecule has 0 bridgehead atoms. The van der Waals surface area contributed by atoms with Gasteiger partial charge in [0.15, 0.2) is 0 Å². The Balaban J connectivity index is 1.97. The zero-order chi connectivity index (χ0) is 14.5. The largest absolute Gasteiger partial charge is 0.478 e. The topological polar surface area (TPSA) is 66.4 Å².